The van der Waals surface area contributed by atoms with E-state index in [4.69, 9.17) is 4.74 Å². The molecule has 4 N–H and O–H groups in total. The summed E-state index contributed by atoms with van der Waals surface area (Å²) in [6.45, 7) is 0.336. The first-order valence-corrected chi connectivity index (χ1v) is 11.3. The van der Waals surface area contributed by atoms with Gasteiger partial charge in [0.05, 0.1) is 19.3 Å². The Balaban J connectivity index is 1.45. The molecular weight excluding hydrogens is 448 g/mol. The molecule has 0 spiro atoms. The smallest absolute Gasteiger partial charge is 0.337 e. The summed E-state index contributed by atoms with van der Waals surface area (Å²) in [6.07, 6.45) is -0.171. The highest BCUT2D eigenvalue weighted by Gasteiger charge is 2.13. The van der Waals surface area contributed by atoms with Crippen LogP contribution in [0.3, 0.4) is 0 Å². The summed E-state index contributed by atoms with van der Waals surface area (Å²) in [5, 5.41) is 25.8. The first kappa shape index (κ1) is 25.9. The number of hydrogen-bond acceptors (Lipinski definition) is 7. The predicted octanol–water partition coefficient (Wildman–Crippen LogP) is 2.66. The minimum Gasteiger partial charge on any atom is -0.491 e. The Kier molecular flexibility index (Phi) is 9.80. The van der Waals surface area contributed by atoms with Gasteiger partial charge in [0.1, 0.15) is 18.5 Å². The van der Waals surface area contributed by atoms with Crippen molar-refractivity contribution in [3.63, 3.8) is 0 Å². The minimum atomic E-state index is -0.719. The van der Waals surface area contributed by atoms with E-state index in [1.54, 1.807) is 24.3 Å². The van der Waals surface area contributed by atoms with Gasteiger partial charge >= 0.3 is 5.97 Å². The van der Waals surface area contributed by atoms with E-state index in [0.717, 1.165) is 5.56 Å². The van der Waals surface area contributed by atoms with Crippen LogP contribution in [0.15, 0.2) is 78.9 Å². The van der Waals surface area contributed by atoms with Crippen LogP contribution in [0.4, 0.5) is 5.69 Å². The SMILES string of the molecule is COC(=O)c1ccc(C(=O)Nc2ccc(C[C@@H](CO)NC[C@H](O)COc3ccccc3)cc2)cc1. The number of hydrogen-bond donors (Lipinski definition) is 4. The lowest BCUT2D eigenvalue weighted by molar-refractivity contribution is 0.0600. The van der Waals surface area contributed by atoms with Crippen LogP contribution in [0.5, 0.6) is 5.75 Å². The molecule has 0 unspecified atom stereocenters. The number of benzene rings is 3. The van der Waals surface area contributed by atoms with E-state index in [0.29, 0.717) is 29.0 Å². The summed E-state index contributed by atoms with van der Waals surface area (Å²) in [4.78, 5) is 24.0. The van der Waals surface area contributed by atoms with Gasteiger partial charge in [-0.1, -0.05) is 30.3 Å². The van der Waals surface area contributed by atoms with Crippen molar-refractivity contribution in [1.29, 1.82) is 0 Å². The number of nitrogens with one attached hydrogen (secondary N) is 2. The summed E-state index contributed by atoms with van der Waals surface area (Å²) in [7, 11) is 1.30. The third-order valence-electron chi connectivity index (χ3n) is 5.31. The highest BCUT2D eigenvalue weighted by molar-refractivity contribution is 6.04. The molecule has 0 aromatic heterocycles. The van der Waals surface area contributed by atoms with E-state index >= 15 is 0 Å². The second-order valence-electron chi connectivity index (χ2n) is 7.99. The molecule has 0 fully saturated rings. The fourth-order valence-electron chi connectivity index (χ4n) is 3.36. The maximum Gasteiger partial charge on any atom is 0.337 e. The van der Waals surface area contributed by atoms with Crippen molar-refractivity contribution in [2.45, 2.75) is 18.6 Å². The van der Waals surface area contributed by atoms with Gasteiger partial charge in [0.25, 0.3) is 5.91 Å². The molecule has 0 saturated carbocycles. The van der Waals surface area contributed by atoms with E-state index in [2.05, 4.69) is 15.4 Å². The molecule has 3 rings (SSSR count). The zero-order chi connectivity index (χ0) is 25.0. The fraction of sp³-hybridized carbons (Fsp3) is 0.259. The first-order valence-electron chi connectivity index (χ1n) is 11.3. The maximum absolute atomic E-state index is 12.5. The second-order valence-corrected chi connectivity index (χ2v) is 7.99. The van der Waals surface area contributed by atoms with Crippen LogP contribution < -0.4 is 15.4 Å². The van der Waals surface area contributed by atoms with E-state index in [1.807, 2.05) is 42.5 Å². The maximum atomic E-state index is 12.5. The van der Waals surface area contributed by atoms with Crippen molar-refractivity contribution in [1.82, 2.24) is 5.32 Å². The molecule has 3 aromatic carbocycles. The molecular formula is C27H30N2O6. The molecule has 3 aromatic rings. The minimum absolute atomic E-state index is 0.0910. The standard InChI is InChI=1S/C27H30N2O6/c1-34-27(33)21-11-9-20(10-12-21)26(32)29-22-13-7-19(8-14-22)15-23(17-30)28-16-24(31)18-35-25-5-3-2-4-6-25/h2-14,23-24,28,30-31H,15-18H2,1H3,(H,29,32)/t23-,24-/m0/s1. The first-order chi connectivity index (χ1) is 17.0. The molecule has 0 radical (unpaired) electrons. The van der Waals surface area contributed by atoms with E-state index in [-0.39, 0.29) is 31.7 Å². The van der Waals surface area contributed by atoms with Crippen LogP contribution in [-0.4, -0.2) is 61.1 Å². The molecule has 35 heavy (non-hydrogen) atoms. The Morgan fingerprint density at radius 1 is 0.914 bits per heavy atom. The Morgan fingerprint density at radius 2 is 1.57 bits per heavy atom. The lowest BCUT2D eigenvalue weighted by Crippen LogP contribution is -2.41. The Labute approximate surface area is 204 Å². The van der Waals surface area contributed by atoms with Crippen molar-refractivity contribution in [3.8, 4) is 5.75 Å². The number of carbonyl (C=O) groups is 2. The van der Waals surface area contributed by atoms with Crippen LogP contribution in [0.25, 0.3) is 0 Å². The lowest BCUT2D eigenvalue weighted by Gasteiger charge is -2.19. The summed E-state index contributed by atoms with van der Waals surface area (Å²) < 4.78 is 10.2. The molecule has 0 bridgehead atoms. The van der Waals surface area contributed by atoms with Gasteiger partial charge in [-0.25, -0.2) is 4.79 Å². The summed E-state index contributed by atoms with van der Waals surface area (Å²) in [5.41, 5.74) is 2.38. The number of ether oxygens (including phenoxy) is 2. The quantitative estimate of drug-likeness (QED) is 0.296. The Morgan fingerprint density at radius 3 is 2.20 bits per heavy atom. The molecule has 0 aliphatic heterocycles. The molecule has 0 aliphatic rings. The normalized spacial score (nSPS) is 12.4. The number of para-hydroxylation sites is 1. The summed E-state index contributed by atoms with van der Waals surface area (Å²) in [5.74, 6) is -0.0651. The van der Waals surface area contributed by atoms with Crippen LogP contribution >= 0.6 is 0 Å². The van der Waals surface area contributed by atoms with Gasteiger partial charge in [-0.05, 0) is 60.5 Å². The largest absolute Gasteiger partial charge is 0.491 e. The van der Waals surface area contributed by atoms with Gasteiger partial charge in [-0.2, -0.15) is 0 Å². The number of aliphatic hydroxyl groups is 2. The number of aliphatic hydroxyl groups excluding tert-OH is 2. The van der Waals surface area contributed by atoms with Crippen LogP contribution in [0, 0.1) is 0 Å². The van der Waals surface area contributed by atoms with Crippen LogP contribution in [-0.2, 0) is 11.2 Å². The fourth-order valence-corrected chi connectivity index (χ4v) is 3.36. The number of methoxy groups -OCH3 is 1. The third kappa shape index (κ3) is 8.22. The predicted molar refractivity (Wildman–Crippen MR) is 133 cm³/mol. The van der Waals surface area contributed by atoms with Crippen molar-refractivity contribution < 1.29 is 29.3 Å². The van der Waals surface area contributed by atoms with Crippen LogP contribution in [0.1, 0.15) is 26.3 Å². The van der Waals surface area contributed by atoms with E-state index in [9.17, 15) is 19.8 Å². The second kappa shape index (κ2) is 13.2. The molecule has 0 aliphatic carbocycles. The molecule has 0 heterocycles. The zero-order valence-electron chi connectivity index (χ0n) is 19.5. The molecule has 2 atom stereocenters. The number of amides is 1. The number of anilines is 1. The van der Waals surface area contributed by atoms with Crippen molar-refractivity contribution in [2.75, 3.05) is 32.2 Å². The topological polar surface area (TPSA) is 117 Å². The number of carbonyl (C=O) groups excluding carboxylic acids is 2. The number of rotatable bonds is 12. The average molecular weight is 479 g/mol. The summed E-state index contributed by atoms with van der Waals surface area (Å²) in [6, 6.07) is 22.5. The van der Waals surface area contributed by atoms with Gasteiger partial charge in [-0.15, -0.1) is 0 Å². The third-order valence-corrected chi connectivity index (χ3v) is 5.31. The van der Waals surface area contributed by atoms with Gasteiger partial charge in [0.15, 0.2) is 0 Å². The van der Waals surface area contributed by atoms with Crippen LogP contribution in [0.2, 0.25) is 0 Å². The van der Waals surface area contributed by atoms with Crippen molar-refractivity contribution in [3.05, 3.63) is 95.6 Å². The highest BCUT2D eigenvalue weighted by atomic mass is 16.5. The Hall–Kier alpha value is -3.72. The molecule has 8 nitrogen and oxygen atoms in total. The molecule has 1 amide bonds. The van der Waals surface area contributed by atoms with Gasteiger partial charge in [-0.3, -0.25) is 4.79 Å². The Bertz CT molecular complexity index is 1070. The van der Waals surface area contributed by atoms with E-state index in [1.165, 1.54) is 19.2 Å². The van der Waals surface area contributed by atoms with Crippen molar-refractivity contribution >= 4 is 17.6 Å². The molecule has 0 saturated heterocycles. The average Bonchev–Trinajstić information content (AvgIpc) is 2.91. The highest BCUT2D eigenvalue weighted by Crippen LogP contribution is 2.14. The molecule has 8 heteroatoms. The van der Waals surface area contributed by atoms with Crippen molar-refractivity contribution in [2.24, 2.45) is 0 Å². The lowest BCUT2D eigenvalue weighted by atomic mass is 10.1. The number of esters is 1. The summed E-state index contributed by atoms with van der Waals surface area (Å²) >= 11 is 0. The van der Waals surface area contributed by atoms with Gasteiger partial charge in [0, 0.05) is 23.8 Å². The van der Waals surface area contributed by atoms with Gasteiger partial charge in [0.2, 0.25) is 0 Å². The van der Waals surface area contributed by atoms with Gasteiger partial charge < -0.3 is 30.3 Å². The molecule has 184 valence electrons. The monoisotopic (exact) mass is 478 g/mol. The van der Waals surface area contributed by atoms with E-state index < -0.39 is 12.1 Å². The zero-order valence-corrected chi connectivity index (χ0v) is 19.5.